The summed E-state index contributed by atoms with van der Waals surface area (Å²) in [6.07, 6.45) is 0. The molecule has 2 aromatic carbocycles. The fraction of sp³-hybridized carbons (Fsp3) is 0.0500. The standard InChI is InChI=1S/C20H13ClFN3O3/c1-27-20(26)17-15(21)12(23)9-14(24-17)11-7-8-13-18(16(11)22)28-19(25-13)10-5-3-2-4-6-10/h2-9H,1H3,(H2,23,24). The number of anilines is 1. The molecule has 6 nitrogen and oxygen atoms in total. The second-order valence-electron chi connectivity index (χ2n) is 5.91. The number of benzene rings is 2. The van der Waals surface area contributed by atoms with E-state index in [0.29, 0.717) is 11.4 Å². The third-order valence-electron chi connectivity index (χ3n) is 4.16. The molecule has 8 heteroatoms. The van der Waals surface area contributed by atoms with Crippen molar-refractivity contribution in [2.24, 2.45) is 0 Å². The van der Waals surface area contributed by atoms with Gasteiger partial charge in [0.15, 0.2) is 17.1 Å². The van der Waals surface area contributed by atoms with E-state index in [0.717, 1.165) is 5.56 Å². The number of rotatable bonds is 3. The predicted molar refractivity (Wildman–Crippen MR) is 103 cm³/mol. The van der Waals surface area contributed by atoms with Gasteiger partial charge in [0.2, 0.25) is 5.89 Å². The van der Waals surface area contributed by atoms with E-state index in [-0.39, 0.29) is 33.2 Å². The zero-order valence-electron chi connectivity index (χ0n) is 14.6. The molecule has 0 saturated carbocycles. The zero-order chi connectivity index (χ0) is 19.8. The quantitative estimate of drug-likeness (QED) is 0.503. The minimum atomic E-state index is -0.772. The summed E-state index contributed by atoms with van der Waals surface area (Å²) in [5.74, 6) is -1.14. The summed E-state index contributed by atoms with van der Waals surface area (Å²) in [4.78, 5) is 20.3. The van der Waals surface area contributed by atoms with Crippen molar-refractivity contribution in [1.29, 1.82) is 0 Å². The van der Waals surface area contributed by atoms with Crippen LogP contribution < -0.4 is 5.73 Å². The van der Waals surface area contributed by atoms with E-state index in [2.05, 4.69) is 14.7 Å². The number of nitrogen functional groups attached to an aromatic ring is 1. The third-order valence-corrected chi connectivity index (χ3v) is 4.56. The summed E-state index contributed by atoms with van der Waals surface area (Å²) >= 11 is 6.02. The Balaban J connectivity index is 1.87. The maximum atomic E-state index is 15.2. The Bertz CT molecular complexity index is 1210. The van der Waals surface area contributed by atoms with Crippen LogP contribution in [0.15, 0.2) is 52.9 Å². The summed E-state index contributed by atoms with van der Waals surface area (Å²) in [5.41, 5.74) is 7.02. The summed E-state index contributed by atoms with van der Waals surface area (Å²) < 4.78 is 25.5. The van der Waals surface area contributed by atoms with Crippen molar-refractivity contribution >= 4 is 34.4 Å². The summed E-state index contributed by atoms with van der Waals surface area (Å²) in [6.45, 7) is 0. The van der Waals surface area contributed by atoms with E-state index in [1.165, 1.54) is 19.2 Å². The number of pyridine rings is 1. The summed E-state index contributed by atoms with van der Waals surface area (Å²) in [7, 11) is 1.19. The van der Waals surface area contributed by atoms with Crippen molar-refractivity contribution in [2.45, 2.75) is 0 Å². The summed E-state index contributed by atoms with van der Waals surface area (Å²) in [6, 6.07) is 13.6. The number of oxazole rings is 1. The lowest BCUT2D eigenvalue weighted by atomic mass is 10.1. The molecule has 0 aliphatic heterocycles. The molecule has 0 fully saturated rings. The van der Waals surface area contributed by atoms with E-state index >= 15 is 4.39 Å². The number of esters is 1. The molecule has 0 amide bonds. The predicted octanol–water partition coefficient (Wildman–Crippen LogP) is 4.72. The highest BCUT2D eigenvalue weighted by Gasteiger charge is 2.21. The molecule has 0 atom stereocenters. The van der Waals surface area contributed by atoms with Gasteiger partial charge in [-0.1, -0.05) is 29.8 Å². The van der Waals surface area contributed by atoms with Crippen LogP contribution in [-0.4, -0.2) is 23.0 Å². The smallest absolute Gasteiger partial charge is 0.358 e. The van der Waals surface area contributed by atoms with Gasteiger partial charge in [0.25, 0.3) is 0 Å². The lowest BCUT2D eigenvalue weighted by Gasteiger charge is -2.09. The number of methoxy groups -OCH3 is 1. The number of ether oxygens (including phenoxy) is 1. The molecule has 0 spiro atoms. The number of nitrogens with zero attached hydrogens (tertiary/aromatic N) is 2. The third kappa shape index (κ3) is 2.95. The lowest BCUT2D eigenvalue weighted by Crippen LogP contribution is -2.08. The van der Waals surface area contributed by atoms with Crippen LogP contribution in [0.1, 0.15) is 10.5 Å². The average molecular weight is 398 g/mol. The van der Waals surface area contributed by atoms with Crippen LogP contribution in [0, 0.1) is 5.82 Å². The Kier molecular flexibility index (Phi) is 4.44. The minimum absolute atomic E-state index is 0.0220. The zero-order valence-corrected chi connectivity index (χ0v) is 15.3. The maximum absolute atomic E-state index is 15.2. The molecular weight excluding hydrogens is 385 g/mol. The maximum Gasteiger partial charge on any atom is 0.358 e. The molecule has 2 aromatic heterocycles. The van der Waals surface area contributed by atoms with Crippen LogP contribution in [0.2, 0.25) is 5.02 Å². The molecule has 2 N–H and O–H groups in total. The largest absolute Gasteiger partial charge is 0.464 e. The molecule has 0 radical (unpaired) electrons. The Hall–Kier alpha value is -3.45. The van der Waals surface area contributed by atoms with Gasteiger partial charge >= 0.3 is 5.97 Å². The summed E-state index contributed by atoms with van der Waals surface area (Å²) in [5, 5.41) is -0.0527. The normalized spacial score (nSPS) is 11.0. The van der Waals surface area contributed by atoms with Gasteiger partial charge in [-0.3, -0.25) is 0 Å². The van der Waals surface area contributed by atoms with Crippen molar-refractivity contribution < 1.29 is 18.3 Å². The van der Waals surface area contributed by atoms with Crippen LogP contribution in [0.3, 0.4) is 0 Å². The van der Waals surface area contributed by atoms with Gasteiger partial charge in [0, 0.05) is 11.1 Å². The fourth-order valence-electron chi connectivity index (χ4n) is 2.78. The SMILES string of the molecule is COC(=O)c1nc(-c2ccc3nc(-c4ccccc4)oc3c2F)cc(N)c1Cl. The van der Waals surface area contributed by atoms with Crippen LogP contribution in [0.4, 0.5) is 10.1 Å². The van der Waals surface area contributed by atoms with Crippen molar-refractivity contribution in [1.82, 2.24) is 9.97 Å². The van der Waals surface area contributed by atoms with Gasteiger partial charge in [0.1, 0.15) is 5.52 Å². The fourth-order valence-corrected chi connectivity index (χ4v) is 2.95. The molecule has 0 aliphatic rings. The molecule has 4 rings (SSSR count). The number of carbonyl (C=O) groups is 1. The highest BCUT2D eigenvalue weighted by Crippen LogP contribution is 2.34. The Morgan fingerprint density at radius 1 is 1.18 bits per heavy atom. The Morgan fingerprint density at radius 3 is 2.64 bits per heavy atom. The van der Waals surface area contributed by atoms with E-state index in [4.69, 9.17) is 21.8 Å². The second kappa shape index (κ2) is 6.94. The molecule has 4 aromatic rings. The van der Waals surface area contributed by atoms with E-state index in [1.807, 2.05) is 30.3 Å². The van der Waals surface area contributed by atoms with Crippen LogP contribution in [0.25, 0.3) is 33.8 Å². The number of hydrogen-bond acceptors (Lipinski definition) is 6. The minimum Gasteiger partial charge on any atom is -0.464 e. The number of aromatic nitrogens is 2. The van der Waals surface area contributed by atoms with E-state index in [9.17, 15) is 4.79 Å². The molecular formula is C20H13ClFN3O3. The van der Waals surface area contributed by atoms with Gasteiger partial charge in [-0.15, -0.1) is 0 Å². The topological polar surface area (TPSA) is 91.2 Å². The Labute approximate surface area is 163 Å². The van der Waals surface area contributed by atoms with Gasteiger partial charge < -0.3 is 14.9 Å². The van der Waals surface area contributed by atoms with Crippen LogP contribution in [-0.2, 0) is 4.74 Å². The van der Waals surface area contributed by atoms with Gasteiger partial charge in [0.05, 0.1) is 23.5 Å². The first-order chi connectivity index (χ1) is 13.5. The second-order valence-corrected chi connectivity index (χ2v) is 6.29. The first kappa shape index (κ1) is 17.9. The Morgan fingerprint density at radius 2 is 1.93 bits per heavy atom. The molecule has 0 saturated heterocycles. The van der Waals surface area contributed by atoms with Crippen LogP contribution in [0.5, 0.6) is 0 Å². The number of halogens is 2. The van der Waals surface area contributed by atoms with Gasteiger partial charge in [-0.25, -0.2) is 19.2 Å². The average Bonchev–Trinajstić information content (AvgIpc) is 3.16. The number of hydrogen-bond donors (Lipinski definition) is 1. The van der Waals surface area contributed by atoms with Gasteiger partial charge in [-0.2, -0.15) is 0 Å². The first-order valence-corrected chi connectivity index (χ1v) is 8.56. The van der Waals surface area contributed by atoms with Crippen molar-refractivity contribution in [3.8, 4) is 22.7 Å². The highest BCUT2D eigenvalue weighted by atomic mass is 35.5. The lowest BCUT2D eigenvalue weighted by molar-refractivity contribution is 0.0594. The molecule has 0 unspecified atom stereocenters. The van der Waals surface area contributed by atoms with Crippen molar-refractivity contribution in [3.05, 3.63) is 65.1 Å². The van der Waals surface area contributed by atoms with E-state index in [1.54, 1.807) is 6.07 Å². The number of carbonyl (C=O) groups excluding carboxylic acids is 1. The number of fused-ring (bicyclic) bond motifs is 1. The monoisotopic (exact) mass is 397 g/mol. The highest BCUT2D eigenvalue weighted by molar-refractivity contribution is 6.35. The van der Waals surface area contributed by atoms with E-state index < -0.39 is 11.8 Å². The van der Waals surface area contributed by atoms with Crippen molar-refractivity contribution in [3.63, 3.8) is 0 Å². The number of nitrogens with two attached hydrogens (primary N) is 1. The molecule has 28 heavy (non-hydrogen) atoms. The molecule has 0 aliphatic carbocycles. The van der Waals surface area contributed by atoms with Gasteiger partial charge in [-0.05, 0) is 30.3 Å². The molecule has 0 bridgehead atoms. The van der Waals surface area contributed by atoms with Crippen molar-refractivity contribution in [2.75, 3.05) is 12.8 Å². The molecule has 140 valence electrons. The molecule has 2 heterocycles. The van der Waals surface area contributed by atoms with Crippen LogP contribution >= 0.6 is 11.6 Å². The first-order valence-electron chi connectivity index (χ1n) is 8.18.